The minimum absolute atomic E-state index is 0.0588. The van der Waals surface area contributed by atoms with Crippen molar-refractivity contribution in [2.45, 2.75) is 19.8 Å². The van der Waals surface area contributed by atoms with E-state index in [9.17, 15) is 9.59 Å². The zero-order valence-electron chi connectivity index (χ0n) is 13.8. The van der Waals surface area contributed by atoms with Gasteiger partial charge in [-0.3, -0.25) is 9.59 Å². The normalized spacial score (nSPS) is 13.2. The molecule has 1 saturated carbocycles. The molecule has 2 aromatic rings. The van der Waals surface area contributed by atoms with E-state index in [1.807, 2.05) is 6.92 Å². The standard InChI is InChI=1S/C19H19ClN2O3/c1-12-10-14(20)4-9-17(12)25-11-18(23)21-15-5-7-16(8-6-15)22-19(24)13-2-3-13/h4-10,13H,2-3,11H2,1H3,(H,21,23)(H,22,24). The second-order valence-corrected chi connectivity index (χ2v) is 6.52. The Morgan fingerprint density at radius 3 is 2.32 bits per heavy atom. The van der Waals surface area contributed by atoms with Gasteiger partial charge in [-0.1, -0.05) is 11.6 Å². The van der Waals surface area contributed by atoms with Crippen molar-refractivity contribution in [1.82, 2.24) is 0 Å². The number of carbonyl (C=O) groups excluding carboxylic acids is 2. The number of aryl methyl sites for hydroxylation is 1. The molecule has 1 fully saturated rings. The lowest BCUT2D eigenvalue weighted by atomic mass is 10.2. The van der Waals surface area contributed by atoms with Gasteiger partial charge in [0.2, 0.25) is 5.91 Å². The summed E-state index contributed by atoms with van der Waals surface area (Å²) >= 11 is 5.89. The Morgan fingerprint density at radius 2 is 1.72 bits per heavy atom. The zero-order chi connectivity index (χ0) is 17.8. The van der Waals surface area contributed by atoms with E-state index in [2.05, 4.69) is 10.6 Å². The van der Waals surface area contributed by atoms with Gasteiger partial charge in [-0.2, -0.15) is 0 Å². The van der Waals surface area contributed by atoms with Gasteiger partial charge in [-0.25, -0.2) is 0 Å². The van der Waals surface area contributed by atoms with Crippen LogP contribution in [0.4, 0.5) is 11.4 Å². The number of carbonyl (C=O) groups is 2. The van der Waals surface area contributed by atoms with Gasteiger partial charge in [0.1, 0.15) is 5.75 Å². The van der Waals surface area contributed by atoms with E-state index in [4.69, 9.17) is 16.3 Å². The molecule has 0 aliphatic heterocycles. The Balaban J connectivity index is 1.49. The summed E-state index contributed by atoms with van der Waals surface area (Å²) in [6, 6.07) is 12.3. The Bertz CT molecular complexity index is 786. The molecule has 0 aromatic heterocycles. The molecule has 0 atom stereocenters. The third-order valence-electron chi connectivity index (χ3n) is 3.88. The molecule has 0 bridgehead atoms. The summed E-state index contributed by atoms with van der Waals surface area (Å²) in [6.45, 7) is 1.77. The molecule has 130 valence electrons. The SMILES string of the molecule is Cc1cc(Cl)ccc1OCC(=O)Nc1ccc(NC(=O)C2CC2)cc1. The summed E-state index contributed by atoms with van der Waals surface area (Å²) in [4.78, 5) is 23.7. The fourth-order valence-electron chi connectivity index (χ4n) is 2.34. The number of hydrogen-bond acceptors (Lipinski definition) is 3. The average Bonchev–Trinajstić information content (AvgIpc) is 3.41. The second kappa shape index (κ2) is 7.57. The number of rotatable bonds is 6. The van der Waals surface area contributed by atoms with Crippen molar-refractivity contribution in [3.05, 3.63) is 53.1 Å². The molecule has 0 saturated heterocycles. The third-order valence-corrected chi connectivity index (χ3v) is 4.12. The Morgan fingerprint density at radius 1 is 1.08 bits per heavy atom. The minimum Gasteiger partial charge on any atom is -0.483 e. The van der Waals surface area contributed by atoms with Crippen LogP contribution >= 0.6 is 11.6 Å². The van der Waals surface area contributed by atoms with E-state index < -0.39 is 0 Å². The largest absolute Gasteiger partial charge is 0.483 e. The van der Waals surface area contributed by atoms with Gasteiger partial charge < -0.3 is 15.4 Å². The first-order chi connectivity index (χ1) is 12.0. The van der Waals surface area contributed by atoms with E-state index in [0.29, 0.717) is 16.5 Å². The number of anilines is 2. The molecule has 2 amide bonds. The van der Waals surface area contributed by atoms with Crippen LogP contribution in [0.15, 0.2) is 42.5 Å². The first-order valence-corrected chi connectivity index (χ1v) is 8.49. The first-order valence-electron chi connectivity index (χ1n) is 8.11. The maximum atomic E-state index is 12.0. The molecule has 2 aromatic carbocycles. The Hall–Kier alpha value is -2.53. The second-order valence-electron chi connectivity index (χ2n) is 6.09. The van der Waals surface area contributed by atoms with Crippen LogP contribution in [0, 0.1) is 12.8 Å². The zero-order valence-corrected chi connectivity index (χ0v) is 14.6. The minimum atomic E-state index is -0.260. The smallest absolute Gasteiger partial charge is 0.262 e. The van der Waals surface area contributed by atoms with Gasteiger partial charge in [0.15, 0.2) is 6.61 Å². The molecule has 2 N–H and O–H groups in total. The first kappa shape index (κ1) is 17.3. The van der Waals surface area contributed by atoms with Crippen LogP contribution in [0.3, 0.4) is 0 Å². The van der Waals surface area contributed by atoms with Crippen LogP contribution in [0.2, 0.25) is 5.02 Å². The molecule has 1 aliphatic rings. The fourth-order valence-corrected chi connectivity index (χ4v) is 2.57. The number of amides is 2. The molecule has 1 aliphatic carbocycles. The van der Waals surface area contributed by atoms with Crippen molar-refractivity contribution in [3.8, 4) is 5.75 Å². The van der Waals surface area contributed by atoms with Gasteiger partial charge in [-0.05, 0) is 67.8 Å². The molecule has 6 heteroatoms. The number of nitrogens with one attached hydrogen (secondary N) is 2. The summed E-state index contributed by atoms with van der Waals surface area (Å²) < 4.78 is 5.51. The van der Waals surface area contributed by atoms with E-state index in [1.54, 1.807) is 42.5 Å². The van der Waals surface area contributed by atoms with Crippen molar-refractivity contribution in [2.24, 2.45) is 5.92 Å². The fraction of sp³-hybridized carbons (Fsp3) is 0.263. The third kappa shape index (κ3) is 4.97. The maximum Gasteiger partial charge on any atom is 0.262 e. The van der Waals surface area contributed by atoms with Crippen molar-refractivity contribution in [3.63, 3.8) is 0 Å². The summed E-state index contributed by atoms with van der Waals surface area (Å²) in [5.74, 6) is 0.582. The van der Waals surface area contributed by atoms with Crippen molar-refractivity contribution < 1.29 is 14.3 Å². The quantitative estimate of drug-likeness (QED) is 0.819. The lowest BCUT2D eigenvalue weighted by Gasteiger charge is -2.10. The van der Waals surface area contributed by atoms with Crippen molar-refractivity contribution in [2.75, 3.05) is 17.2 Å². The molecule has 0 spiro atoms. The number of ether oxygens (including phenoxy) is 1. The summed E-state index contributed by atoms with van der Waals surface area (Å²) in [5.41, 5.74) is 2.24. The van der Waals surface area contributed by atoms with Crippen molar-refractivity contribution in [1.29, 1.82) is 0 Å². The summed E-state index contributed by atoms with van der Waals surface area (Å²) in [7, 11) is 0. The van der Waals surface area contributed by atoms with Crippen LogP contribution in [0.25, 0.3) is 0 Å². The Labute approximate surface area is 151 Å². The van der Waals surface area contributed by atoms with Crippen LogP contribution < -0.4 is 15.4 Å². The summed E-state index contributed by atoms with van der Waals surface area (Å²) in [6.07, 6.45) is 1.93. The molecular weight excluding hydrogens is 340 g/mol. The summed E-state index contributed by atoms with van der Waals surface area (Å²) in [5, 5.41) is 6.24. The molecule has 0 radical (unpaired) electrons. The van der Waals surface area contributed by atoms with E-state index in [1.165, 1.54) is 0 Å². The predicted octanol–water partition coefficient (Wildman–Crippen LogP) is 4.01. The van der Waals surface area contributed by atoms with Gasteiger partial charge in [0.25, 0.3) is 5.91 Å². The highest BCUT2D eigenvalue weighted by atomic mass is 35.5. The highest BCUT2D eigenvalue weighted by molar-refractivity contribution is 6.30. The lowest BCUT2D eigenvalue weighted by molar-refractivity contribution is -0.118. The van der Waals surface area contributed by atoms with Crippen LogP contribution in [-0.4, -0.2) is 18.4 Å². The molecular formula is C19H19ClN2O3. The predicted molar refractivity (Wildman–Crippen MR) is 98.1 cm³/mol. The maximum absolute atomic E-state index is 12.0. The monoisotopic (exact) mass is 358 g/mol. The Kier molecular flexibility index (Phi) is 5.24. The molecule has 0 heterocycles. The van der Waals surface area contributed by atoms with E-state index >= 15 is 0 Å². The van der Waals surface area contributed by atoms with E-state index in [-0.39, 0.29) is 24.3 Å². The topological polar surface area (TPSA) is 67.4 Å². The number of hydrogen-bond donors (Lipinski definition) is 2. The van der Waals surface area contributed by atoms with Crippen LogP contribution in [0.1, 0.15) is 18.4 Å². The van der Waals surface area contributed by atoms with E-state index in [0.717, 1.165) is 24.1 Å². The molecule has 5 nitrogen and oxygen atoms in total. The lowest BCUT2D eigenvalue weighted by Crippen LogP contribution is -2.20. The highest BCUT2D eigenvalue weighted by Crippen LogP contribution is 2.30. The highest BCUT2D eigenvalue weighted by Gasteiger charge is 2.29. The number of benzene rings is 2. The van der Waals surface area contributed by atoms with Gasteiger partial charge >= 0.3 is 0 Å². The molecule has 0 unspecified atom stereocenters. The van der Waals surface area contributed by atoms with Crippen LogP contribution in [-0.2, 0) is 9.59 Å². The molecule has 3 rings (SSSR count). The van der Waals surface area contributed by atoms with Crippen LogP contribution in [0.5, 0.6) is 5.75 Å². The average molecular weight is 359 g/mol. The van der Waals surface area contributed by atoms with Crippen molar-refractivity contribution >= 4 is 34.8 Å². The van der Waals surface area contributed by atoms with Gasteiger partial charge in [0, 0.05) is 22.3 Å². The molecule has 25 heavy (non-hydrogen) atoms. The van der Waals surface area contributed by atoms with Gasteiger partial charge in [0.05, 0.1) is 0 Å². The van der Waals surface area contributed by atoms with Gasteiger partial charge in [-0.15, -0.1) is 0 Å². The number of halogens is 1.